The van der Waals surface area contributed by atoms with Crippen LogP contribution in [0.25, 0.3) is 0 Å². The van der Waals surface area contributed by atoms with Gasteiger partial charge in [0.05, 0.1) is 12.1 Å². The van der Waals surface area contributed by atoms with Crippen LogP contribution in [0.15, 0.2) is 48.7 Å². The van der Waals surface area contributed by atoms with Crippen LogP contribution in [-0.2, 0) is 12.7 Å². The number of likely N-dealkylation sites (tertiary alicyclic amines) is 1. The highest BCUT2D eigenvalue weighted by Crippen LogP contribution is 2.31. The largest absolute Gasteiger partial charge is 0.472 e. The number of ether oxygens (including phenoxy) is 1. The van der Waals surface area contributed by atoms with Crippen molar-refractivity contribution < 1.29 is 22.7 Å². The Kier molecular flexibility index (Phi) is 5.29. The first-order chi connectivity index (χ1) is 12.4. The SMILES string of the molecule is O=C(NCc1ccccc1)N1CCC(Oc2cc(C(F)(F)F)ccn2)C1. The van der Waals surface area contributed by atoms with Crippen molar-refractivity contribution in [1.29, 1.82) is 0 Å². The van der Waals surface area contributed by atoms with Gasteiger partial charge >= 0.3 is 12.2 Å². The Morgan fingerprint density at radius 3 is 2.77 bits per heavy atom. The molecule has 1 N–H and O–H groups in total. The summed E-state index contributed by atoms with van der Waals surface area (Å²) in [6.07, 6.45) is -3.22. The van der Waals surface area contributed by atoms with Crippen LogP contribution in [0, 0.1) is 0 Å². The number of carbonyl (C=O) groups is 1. The van der Waals surface area contributed by atoms with Crippen LogP contribution in [0.1, 0.15) is 17.5 Å². The molecule has 1 aromatic heterocycles. The second-order valence-electron chi connectivity index (χ2n) is 6.00. The van der Waals surface area contributed by atoms with Gasteiger partial charge < -0.3 is 15.0 Å². The van der Waals surface area contributed by atoms with Gasteiger partial charge in [-0.1, -0.05) is 30.3 Å². The van der Waals surface area contributed by atoms with E-state index >= 15 is 0 Å². The van der Waals surface area contributed by atoms with Crippen molar-refractivity contribution in [2.24, 2.45) is 0 Å². The topological polar surface area (TPSA) is 54.5 Å². The van der Waals surface area contributed by atoms with Crippen molar-refractivity contribution in [3.8, 4) is 5.88 Å². The molecule has 8 heteroatoms. The van der Waals surface area contributed by atoms with Gasteiger partial charge in [-0.15, -0.1) is 0 Å². The van der Waals surface area contributed by atoms with Gasteiger partial charge in [0.25, 0.3) is 0 Å². The minimum Gasteiger partial charge on any atom is -0.472 e. The Labute approximate surface area is 148 Å². The van der Waals surface area contributed by atoms with E-state index in [2.05, 4.69) is 10.3 Å². The normalized spacial score (nSPS) is 17.2. The zero-order valence-corrected chi connectivity index (χ0v) is 13.9. The van der Waals surface area contributed by atoms with Crippen molar-refractivity contribution >= 4 is 6.03 Å². The number of halogens is 3. The van der Waals surface area contributed by atoms with Crippen LogP contribution in [0.4, 0.5) is 18.0 Å². The van der Waals surface area contributed by atoms with E-state index < -0.39 is 11.7 Å². The third kappa shape index (κ3) is 4.65. The number of hydrogen-bond acceptors (Lipinski definition) is 3. The number of rotatable bonds is 4. The minimum absolute atomic E-state index is 0.0867. The summed E-state index contributed by atoms with van der Waals surface area (Å²) >= 11 is 0. The van der Waals surface area contributed by atoms with Crippen molar-refractivity contribution in [3.05, 3.63) is 59.8 Å². The first kappa shape index (κ1) is 18.0. The smallest absolute Gasteiger partial charge is 0.416 e. The lowest BCUT2D eigenvalue weighted by atomic mass is 10.2. The van der Waals surface area contributed by atoms with Gasteiger partial charge in [0.2, 0.25) is 5.88 Å². The fraction of sp³-hybridized carbons (Fsp3) is 0.333. The lowest BCUT2D eigenvalue weighted by Gasteiger charge is -2.18. The molecule has 1 aromatic carbocycles. The van der Waals surface area contributed by atoms with E-state index in [4.69, 9.17) is 4.74 Å². The van der Waals surface area contributed by atoms with Gasteiger partial charge in [-0.25, -0.2) is 9.78 Å². The third-order valence-electron chi connectivity index (χ3n) is 4.07. The molecule has 2 aromatic rings. The van der Waals surface area contributed by atoms with Crippen molar-refractivity contribution in [2.45, 2.75) is 25.2 Å². The van der Waals surface area contributed by atoms with Gasteiger partial charge in [-0.2, -0.15) is 13.2 Å². The first-order valence-electron chi connectivity index (χ1n) is 8.18. The molecule has 138 valence electrons. The molecule has 1 fully saturated rings. The predicted octanol–water partition coefficient (Wildman–Crippen LogP) is 3.46. The van der Waals surface area contributed by atoms with Crippen LogP contribution in [-0.4, -0.2) is 35.1 Å². The van der Waals surface area contributed by atoms with Crippen molar-refractivity contribution in [3.63, 3.8) is 0 Å². The van der Waals surface area contributed by atoms with E-state index in [1.165, 1.54) is 0 Å². The van der Waals surface area contributed by atoms with Crippen molar-refractivity contribution in [2.75, 3.05) is 13.1 Å². The highest BCUT2D eigenvalue weighted by atomic mass is 19.4. The molecule has 0 radical (unpaired) electrons. The summed E-state index contributed by atoms with van der Waals surface area (Å²) in [7, 11) is 0. The van der Waals surface area contributed by atoms with E-state index in [1.54, 1.807) is 4.90 Å². The second kappa shape index (κ2) is 7.63. The molecule has 26 heavy (non-hydrogen) atoms. The zero-order chi connectivity index (χ0) is 18.6. The first-order valence-corrected chi connectivity index (χ1v) is 8.18. The van der Waals surface area contributed by atoms with Crippen molar-refractivity contribution in [1.82, 2.24) is 15.2 Å². The molecule has 1 aliphatic rings. The molecule has 5 nitrogen and oxygen atoms in total. The number of nitrogens with one attached hydrogen (secondary N) is 1. The van der Waals surface area contributed by atoms with Gasteiger partial charge in [0, 0.05) is 31.8 Å². The average molecular weight is 365 g/mol. The van der Waals surface area contributed by atoms with Crippen LogP contribution < -0.4 is 10.1 Å². The molecule has 1 saturated heterocycles. The lowest BCUT2D eigenvalue weighted by molar-refractivity contribution is -0.137. The monoisotopic (exact) mass is 365 g/mol. The second-order valence-corrected chi connectivity index (χ2v) is 6.00. The van der Waals surface area contributed by atoms with Crippen LogP contribution >= 0.6 is 0 Å². The lowest BCUT2D eigenvalue weighted by Crippen LogP contribution is -2.39. The summed E-state index contributed by atoms with van der Waals surface area (Å²) in [4.78, 5) is 17.6. The summed E-state index contributed by atoms with van der Waals surface area (Å²) in [6.45, 7) is 1.19. The number of hydrogen-bond donors (Lipinski definition) is 1. The number of alkyl halides is 3. The number of nitrogens with zero attached hydrogens (tertiary/aromatic N) is 2. The molecule has 2 heterocycles. The summed E-state index contributed by atoms with van der Waals surface area (Å²) in [5.41, 5.74) is 0.180. The Morgan fingerprint density at radius 2 is 2.04 bits per heavy atom. The summed E-state index contributed by atoms with van der Waals surface area (Å²) in [5, 5.41) is 2.82. The molecular weight excluding hydrogens is 347 g/mol. The van der Waals surface area contributed by atoms with Gasteiger partial charge in [0.15, 0.2) is 0 Å². The fourth-order valence-corrected chi connectivity index (χ4v) is 2.72. The quantitative estimate of drug-likeness (QED) is 0.903. The molecule has 2 amide bonds. The standard InChI is InChI=1S/C18H18F3N3O2/c19-18(20,21)14-6-8-22-16(10-14)26-15-7-9-24(12-15)17(25)23-11-13-4-2-1-3-5-13/h1-6,8,10,15H,7,9,11-12H2,(H,23,25). The van der Waals surface area contributed by atoms with Crippen LogP contribution in [0.5, 0.6) is 5.88 Å². The molecular formula is C18H18F3N3O2. The number of benzene rings is 1. The molecule has 1 unspecified atom stereocenters. The molecule has 1 atom stereocenters. The number of amides is 2. The average Bonchev–Trinajstić information content (AvgIpc) is 3.09. The maximum Gasteiger partial charge on any atom is 0.416 e. The molecule has 0 aliphatic carbocycles. The predicted molar refractivity (Wildman–Crippen MR) is 88.5 cm³/mol. The Hall–Kier alpha value is -2.77. The zero-order valence-electron chi connectivity index (χ0n) is 13.9. The van der Waals surface area contributed by atoms with E-state index in [0.717, 1.165) is 23.9 Å². The maximum absolute atomic E-state index is 12.7. The van der Waals surface area contributed by atoms with Crippen LogP contribution in [0.3, 0.4) is 0 Å². The van der Waals surface area contributed by atoms with Gasteiger partial charge in [-0.3, -0.25) is 0 Å². The Morgan fingerprint density at radius 1 is 1.27 bits per heavy atom. The Balaban J connectivity index is 1.51. The number of carbonyl (C=O) groups excluding carboxylic acids is 1. The molecule has 0 saturated carbocycles. The molecule has 0 spiro atoms. The highest BCUT2D eigenvalue weighted by Gasteiger charge is 2.32. The molecule has 3 rings (SSSR count). The minimum atomic E-state index is -4.44. The third-order valence-corrected chi connectivity index (χ3v) is 4.07. The summed E-state index contributed by atoms with van der Waals surface area (Å²) in [6, 6.07) is 11.0. The summed E-state index contributed by atoms with van der Waals surface area (Å²) in [5.74, 6) is -0.0867. The number of pyridine rings is 1. The van der Waals surface area contributed by atoms with E-state index in [9.17, 15) is 18.0 Å². The summed E-state index contributed by atoms with van der Waals surface area (Å²) < 4.78 is 43.7. The van der Waals surface area contributed by atoms with E-state index in [1.807, 2.05) is 30.3 Å². The Bertz CT molecular complexity index is 753. The van der Waals surface area contributed by atoms with Gasteiger partial charge in [0.1, 0.15) is 6.10 Å². The number of aromatic nitrogens is 1. The van der Waals surface area contributed by atoms with Gasteiger partial charge in [-0.05, 0) is 11.6 Å². The fourth-order valence-electron chi connectivity index (χ4n) is 2.72. The molecule has 1 aliphatic heterocycles. The maximum atomic E-state index is 12.7. The highest BCUT2D eigenvalue weighted by molar-refractivity contribution is 5.74. The van der Waals surface area contributed by atoms with Crippen LogP contribution in [0.2, 0.25) is 0 Å². The molecule has 0 bridgehead atoms. The van der Waals surface area contributed by atoms with E-state index in [0.29, 0.717) is 26.1 Å². The number of urea groups is 1. The van der Waals surface area contributed by atoms with E-state index in [-0.39, 0.29) is 18.0 Å².